The van der Waals surface area contributed by atoms with E-state index in [9.17, 15) is 14.3 Å². The molecule has 0 atom stereocenters. The molecule has 2 rings (SSSR count). The van der Waals surface area contributed by atoms with E-state index in [0.717, 1.165) is 17.8 Å². The van der Waals surface area contributed by atoms with E-state index in [1.165, 1.54) is 6.07 Å². The van der Waals surface area contributed by atoms with Gasteiger partial charge in [0.2, 0.25) is 5.95 Å². The van der Waals surface area contributed by atoms with Gasteiger partial charge in [0.05, 0.1) is 5.56 Å². The molecule has 2 N–H and O–H groups in total. The molecule has 1 heterocycles. The van der Waals surface area contributed by atoms with Crippen LogP contribution in [0.25, 0.3) is 0 Å². The highest BCUT2D eigenvalue weighted by Gasteiger charge is 2.11. The molecule has 0 aliphatic rings. The fourth-order valence-corrected chi connectivity index (χ4v) is 1.68. The van der Waals surface area contributed by atoms with Crippen LogP contribution in [0.1, 0.15) is 21.5 Å². The third-order valence-electron chi connectivity index (χ3n) is 2.87. The molecule has 19 heavy (non-hydrogen) atoms. The molecule has 98 valence electrons. The van der Waals surface area contributed by atoms with E-state index in [2.05, 4.69) is 10.3 Å². The number of aromatic hydroxyl groups is 1. The monoisotopic (exact) mass is 260 g/mol. The number of benzene rings is 1. The first kappa shape index (κ1) is 13.0. The average Bonchev–Trinajstić information content (AvgIpc) is 2.40. The number of phenolic OH excluding ortho intramolecular Hbond substituents is 1. The van der Waals surface area contributed by atoms with Crippen LogP contribution in [0.5, 0.6) is 5.75 Å². The van der Waals surface area contributed by atoms with Gasteiger partial charge in [-0.3, -0.25) is 4.79 Å². The molecule has 0 bridgehead atoms. The number of nitrogens with one attached hydrogen (secondary N) is 1. The fraction of sp³-hybridized carbons (Fsp3) is 0.143. The smallest absolute Gasteiger partial charge is 0.257 e. The second-order valence-corrected chi connectivity index (χ2v) is 4.23. The van der Waals surface area contributed by atoms with Crippen LogP contribution in [0.4, 0.5) is 10.1 Å². The van der Waals surface area contributed by atoms with Gasteiger partial charge in [0, 0.05) is 17.4 Å². The van der Waals surface area contributed by atoms with E-state index in [0.29, 0.717) is 11.3 Å². The summed E-state index contributed by atoms with van der Waals surface area (Å²) in [5.41, 5.74) is 2.08. The number of aryl methyl sites for hydroxylation is 1. The molecule has 5 heteroatoms. The first-order chi connectivity index (χ1) is 8.99. The normalized spacial score (nSPS) is 10.3. The van der Waals surface area contributed by atoms with Crippen molar-refractivity contribution in [3.8, 4) is 5.75 Å². The van der Waals surface area contributed by atoms with Gasteiger partial charge < -0.3 is 10.4 Å². The number of halogens is 1. The maximum atomic E-state index is 12.7. The number of hydrogen-bond donors (Lipinski definition) is 2. The van der Waals surface area contributed by atoms with E-state index in [1.807, 2.05) is 0 Å². The Morgan fingerprint density at radius 3 is 2.63 bits per heavy atom. The summed E-state index contributed by atoms with van der Waals surface area (Å²) in [7, 11) is 0. The topological polar surface area (TPSA) is 62.2 Å². The van der Waals surface area contributed by atoms with Gasteiger partial charge in [0.1, 0.15) is 5.75 Å². The highest BCUT2D eigenvalue weighted by Crippen LogP contribution is 2.28. The lowest BCUT2D eigenvalue weighted by Crippen LogP contribution is -2.13. The molecule has 1 aromatic carbocycles. The lowest BCUT2D eigenvalue weighted by atomic mass is 10.1. The molecular weight excluding hydrogens is 247 g/mol. The Bertz CT molecular complexity index is 624. The summed E-state index contributed by atoms with van der Waals surface area (Å²) >= 11 is 0. The highest BCUT2D eigenvalue weighted by molar-refractivity contribution is 6.04. The summed E-state index contributed by atoms with van der Waals surface area (Å²) in [6.45, 7) is 3.48. The first-order valence-corrected chi connectivity index (χ1v) is 5.71. The van der Waals surface area contributed by atoms with Gasteiger partial charge in [-0.2, -0.15) is 4.39 Å². The second kappa shape index (κ2) is 5.06. The van der Waals surface area contributed by atoms with Crippen LogP contribution in [0.3, 0.4) is 0 Å². The molecule has 0 radical (unpaired) electrons. The van der Waals surface area contributed by atoms with Gasteiger partial charge >= 0.3 is 0 Å². The van der Waals surface area contributed by atoms with Crippen LogP contribution in [0.2, 0.25) is 0 Å². The molecule has 0 aliphatic carbocycles. The van der Waals surface area contributed by atoms with Crippen LogP contribution in [-0.2, 0) is 0 Å². The molecule has 1 amide bonds. The van der Waals surface area contributed by atoms with Crippen molar-refractivity contribution in [1.29, 1.82) is 0 Å². The number of nitrogens with zero attached hydrogens (tertiary/aromatic N) is 1. The zero-order chi connectivity index (χ0) is 14.0. The predicted molar refractivity (Wildman–Crippen MR) is 69.7 cm³/mol. The molecule has 2 aromatic rings. The molecule has 0 saturated heterocycles. The summed E-state index contributed by atoms with van der Waals surface area (Å²) in [5.74, 6) is -0.894. The number of pyridine rings is 1. The van der Waals surface area contributed by atoms with Crippen LogP contribution >= 0.6 is 0 Å². The van der Waals surface area contributed by atoms with Crippen molar-refractivity contribution in [2.75, 3.05) is 5.32 Å². The number of hydrogen-bond acceptors (Lipinski definition) is 3. The number of carbonyl (C=O) groups excluding carboxylic acids is 1. The molecular formula is C14H13FN2O2. The van der Waals surface area contributed by atoms with Gasteiger partial charge in [-0.1, -0.05) is 6.07 Å². The number of phenols is 1. The quantitative estimate of drug-likeness (QED) is 0.816. The Morgan fingerprint density at radius 1 is 1.26 bits per heavy atom. The number of anilines is 1. The SMILES string of the molecule is Cc1ccc(NC(=O)c2ccc(F)nc2)c(C)c1O. The Balaban J connectivity index is 2.24. The van der Waals surface area contributed by atoms with Crippen molar-refractivity contribution in [3.05, 3.63) is 53.1 Å². The molecule has 1 aromatic heterocycles. The maximum Gasteiger partial charge on any atom is 0.257 e. The zero-order valence-electron chi connectivity index (χ0n) is 10.6. The molecule has 0 aliphatic heterocycles. The summed E-state index contributed by atoms with van der Waals surface area (Å²) < 4.78 is 12.7. The van der Waals surface area contributed by atoms with Crippen LogP contribution in [0, 0.1) is 19.8 Å². The van der Waals surface area contributed by atoms with E-state index in [-0.39, 0.29) is 11.3 Å². The summed E-state index contributed by atoms with van der Waals surface area (Å²) in [6, 6.07) is 5.88. The van der Waals surface area contributed by atoms with Crippen molar-refractivity contribution < 1.29 is 14.3 Å². The molecule has 0 unspecified atom stereocenters. The Kier molecular flexibility index (Phi) is 3.46. The minimum absolute atomic E-state index is 0.148. The number of rotatable bonds is 2. The lowest BCUT2D eigenvalue weighted by Gasteiger charge is -2.11. The van der Waals surface area contributed by atoms with Gasteiger partial charge in [-0.15, -0.1) is 0 Å². The number of amides is 1. The van der Waals surface area contributed by atoms with Crippen LogP contribution in [-0.4, -0.2) is 16.0 Å². The summed E-state index contributed by atoms with van der Waals surface area (Å²) in [5, 5.41) is 12.4. The second-order valence-electron chi connectivity index (χ2n) is 4.23. The average molecular weight is 260 g/mol. The van der Waals surface area contributed by atoms with Crippen molar-refractivity contribution in [3.63, 3.8) is 0 Å². The Morgan fingerprint density at radius 2 is 2.00 bits per heavy atom. The van der Waals surface area contributed by atoms with Gasteiger partial charge in [-0.25, -0.2) is 4.98 Å². The number of carbonyl (C=O) groups is 1. The van der Waals surface area contributed by atoms with Crippen LogP contribution < -0.4 is 5.32 Å². The summed E-state index contributed by atoms with van der Waals surface area (Å²) in [4.78, 5) is 15.3. The van der Waals surface area contributed by atoms with E-state index < -0.39 is 11.9 Å². The predicted octanol–water partition coefficient (Wildman–Crippen LogP) is 2.80. The zero-order valence-corrected chi connectivity index (χ0v) is 10.6. The maximum absolute atomic E-state index is 12.7. The minimum atomic E-state index is -0.638. The van der Waals surface area contributed by atoms with Crippen molar-refractivity contribution in [2.45, 2.75) is 13.8 Å². The minimum Gasteiger partial charge on any atom is -0.507 e. The lowest BCUT2D eigenvalue weighted by molar-refractivity contribution is 0.102. The van der Waals surface area contributed by atoms with E-state index in [4.69, 9.17) is 0 Å². The standard InChI is InChI=1S/C14H13FN2O2/c1-8-3-5-11(9(2)13(8)18)17-14(19)10-4-6-12(15)16-7-10/h3-7,18H,1-2H3,(H,17,19). The first-order valence-electron chi connectivity index (χ1n) is 5.71. The molecule has 4 nitrogen and oxygen atoms in total. The largest absolute Gasteiger partial charge is 0.507 e. The van der Waals surface area contributed by atoms with Crippen LogP contribution in [0.15, 0.2) is 30.5 Å². The van der Waals surface area contributed by atoms with Crippen molar-refractivity contribution in [1.82, 2.24) is 4.98 Å². The van der Waals surface area contributed by atoms with E-state index in [1.54, 1.807) is 26.0 Å². The van der Waals surface area contributed by atoms with Crippen molar-refractivity contribution >= 4 is 11.6 Å². The van der Waals surface area contributed by atoms with Gasteiger partial charge in [0.25, 0.3) is 5.91 Å². The Labute approximate surface area is 109 Å². The Hall–Kier alpha value is -2.43. The van der Waals surface area contributed by atoms with E-state index >= 15 is 0 Å². The molecule has 0 spiro atoms. The fourth-order valence-electron chi connectivity index (χ4n) is 1.68. The highest BCUT2D eigenvalue weighted by atomic mass is 19.1. The van der Waals surface area contributed by atoms with Crippen molar-refractivity contribution in [2.24, 2.45) is 0 Å². The van der Waals surface area contributed by atoms with Gasteiger partial charge in [-0.05, 0) is 37.6 Å². The number of aromatic nitrogens is 1. The third kappa shape index (κ3) is 2.70. The molecule has 0 fully saturated rings. The third-order valence-corrected chi connectivity index (χ3v) is 2.87. The summed E-state index contributed by atoms with van der Waals surface area (Å²) in [6.07, 6.45) is 1.16. The molecule has 0 saturated carbocycles. The van der Waals surface area contributed by atoms with Gasteiger partial charge in [0.15, 0.2) is 0 Å².